The highest BCUT2D eigenvalue weighted by Gasteiger charge is 2.13. The molecule has 0 bridgehead atoms. The average Bonchev–Trinajstić information content (AvgIpc) is 2.52. The Labute approximate surface area is 130 Å². The Balaban J connectivity index is 2.15. The summed E-state index contributed by atoms with van der Waals surface area (Å²) >= 11 is 6.16. The van der Waals surface area contributed by atoms with Gasteiger partial charge in [-0.15, -0.1) is 0 Å². The molecule has 0 aliphatic heterocycles. The number of nitrogens with one attached hydrogen (secondary N) is 1. The topological polar surface area (TPSA) is 60.2 Å². The number of rotatable bonds is 7. The third-order valence-corrected chi connectivity index (χ3v) is 3.56. The summed E-state index contributed by atoms with van der Waals surface area (Å²) in [6.45, 7) is 2.79. The maximum atomic E-state index is 6.16. The lowest BCUT2D eigenvalue weighted by molar-refractivity contribution is 0.316. The van der Waals surface area contributed by atoms with Crippen LogP contribution in [0.4, 0.5) is 0 Å². The van der Waals surface area contributed by atoms with E-state index in [1.807, 2.05) is 30.3 Å². The van der Waals surface area contributed by atoms with Crippen LogP contribution < -0.4 is 16.0 Å². The third-order valence-electron chi connectivity index (χ3n) is 3.21. The lowest BCUT2D eigenvalue weighted by Gasteiger charge is -2.18. The van der Waals surface area contributed by atoms with Crippen molar-refractivity contribution in [1.29, 1.82) is 0 Å². The Morgan fingerprint density at radius 3 is 2.95 bits per heavy atom. The van der Waals surface area contributed by atoms with E-state index in [9.17, 15) is 0 Å². The standard InChI is InChI=1S/C16H20ClN3O/c1-2-8-21-14-5-3-4-13(9-14)16(20-18)10-12-6-7-19-11-15(12)17/h3-7,9,11,16,20H,2,8,10,18H2,1H3. The molecule has 0 spiro atoms. The van der Waals surface area contributed by atoms with E-state index in [2.05, 4.69) is 17.3 Å². The van der Waals surface area contributed by atoms with E-state index in [1.54, 1.807) is 12.4 Å². The maximum Gasteiger partial charge on any atom is 0.119 e. The van der Waals surface area contributed by atoms with Gasteiger partial charge in [-0.3, -0.25) is 16.3 Å². The summed E-state index contributed by atoms with van der Waals surface area (Å²) in [6, 6.07) is 9.83. The van der Waals surface area contributed by atoms with Crippen LogP contribution >= 0.6 is 11.6 Å². The molecule has 112 valence electrons. The molecule has 0 radical (unpaired) electrons. The summed E-state index contributed by atoms with van der Waals surface area (Å²) in [5.74, 6) is 6.56. The highest BCUT2D eigenvalue weighted by molar-refractivity contribution is 6.31. The molecule has 1 aromatic heterocycles. The van der Waals surface area contributed by atoms with Crippen LogP contribution in [0.15, 0.2) is 42.7 Å². The molecule has 0 fully saturated rings. The van der Waals surface area contributed by atoms with Crippen molar-refractivity contribution >= 4 is 11.6 Å². The lowest BCUT2D eigenvalue weighted by Crippen LogP contribution is -2.29. The molecule has 0 amide bonds. The molecule has 0 saturated heterocycles. The fourth-order valence-corrected chi connectivity index (χ4v) is 2.30. The molecule has 5 heteroatoms. The van der Waals surface area contributed by atoms with Crippen LogP contribution in [0.5, 0.6) is 5.75 Å². The molecule has 2 rings (SSSR count). The van der Waals surface area contributed by atoms with Gasteiger partial charge in [0.05, 0.1) is 17.7 Å². The van der Waals surface area contributed by atoms with Gasteiger partial charge in [0.15, 0.2) is 0 Å². The second-order valence-electron chi connectivity index (χ2n) is 4.81. The van der Waals surface area contributed by atoms with E-state index in [0.717, 1.165) is 23.3 Å². The summed E-state index contributed by atoms with van der Waals surface area (Å²) in [5.41, 5.74) is 4.92. The van der Waals surface area contributed by atoms with Crippen LogP contribution in [-0.2, 0) is 6.42 Å². The molecule has 3 N–H and O–H groups in total. The smallest absolute Gasteiger partial charge is 0.119 e. The molecule has 1 atom stereocenters. The molecule has 1 unspecified atom stereocenters. The minimum Gasteiger partial charge on any atom is -0.494 e. The zero-order valence-electron chi connectivity index (χ0n) is 12.1. The van der Waals surface area contributed by atoms with Crippen molar-refractivity contribution in [3.8, 4) is 5.75 Å². The van der Waals surface area contributed by atoms with Gasteiger partial charge < -0.3 is 4.74 Å². The molecule has 21 heavy (non-hydrogen) atoms. The molecule has 0 aliphatic carbocycles. The van der Waals surface area contributed by atoms with E-state index >= 15 is 0 Å². The number of nitrogens with two attached hydrogens (primary N) is 1. The predicted octanol–water partition coefficient (Wildman–Crippen LogP) is 3.27. The molecular formula is C16H20ClN3O. The SMILES string of the molecule is CCCOc1cccc(C(Cc2ccncc2Cl)NN)c1. The quantitative estimate of drug-likeness (QED) is 0.609. The number of aromatic nitrogens is 1. The number of halogens is 1. The van der Waals surface area contributed by atoms with Crippen LogP contribution in [0.1, 0.15) is 30.5 Å². The minimum absolute atomic E-state index is 0.0323. The fraction of sp³-hybridized carbons (Fsp3) is 0.312. The molecule has 2 aromatic rings. The Hall–Kier alpha value is -1.62. The summed E-state index contributed by atoms with van der Waals surface area (Å²) in [7, 11) is 0. The van der Waals surface area contributed by atoms with E-state index in [1.165, 1.54) is 0 Å². The Kier molecular flexibility index (Phi) is 5.99. The maximum absolute atomic E-state index is 6.16. The van der Waals surface area contributed by atoms with Crippen molar-refractivity contribution in [3.05, 3.63) is 58.9 Å². The Bertz CT molecular complexity index is 577. The van der Waals surface area contributed by atoms with E-state index in [-0.39, 0.29) is 6.04 Å². The van der Waals surface area contributed by atoms with Gasteiger partial charge in [0, 0.05) is 12.4 Å². The summed E-state index contributed by atoms with van der Waals surface area (Å²) < 4.78 is 5.66. The molecular weight excluding hydrogens is 286 g/mol. The Morgan fingerprint density at radius 1 is 1.38 bits per heavy atom. The van der Waals surface area contributed by atoms with Crippen LogP contribution in [0.2, 0.25) is 5.02 Å². The number of hydrazine groups is 1. The van der Waals surface area contributed by atoms with Gasteiger partial charge in [0.1, 0.15) is 5.75 Å². The van der Waals surface area contributed by atoms with E-state index < -0.39 is 0 Å². The average molecular weight is 306 g/mol. The van der Waals surface area contributed by atoms with Crippen molar-refractivity contribution in [1.82, 2.24) is 10.4 Å². The third kappa shape index (κ3) is 4.43. The van der Waals surface area contributed by atoms with Gasteiger partial charge in [-0.1, -0.05) is 30.7 Å². The number of nitrogens with zero attached hydrogens (tertiary/aromatic N) is 1. The van der Waals surface area contributed by atoms with Crippen molar-refractivity contribution in [3.63, 3.8) is 0 Å². The minimum atomic E-state index is -0.0323. The fourth-order valence-electron chi connectivity index (χ4n) is 2.10. The number of ether oxygens (including phenoxy) is 1. The molecule has 4 nitrogen and oxygen atoms in total. The first-order valence-electron chi connectivity index (χ1n) is 7.02. The van der Waals surface area contributed by atoms with Crippen molar-refractivity contribution in [2.24, 2.45) is 5.84 Å². The summed E-state index contributed by atoms with van der Waals surface area (Å²) in [6.07, 6.45) is 5.05. The van der Waals surface area contributed by atoms with Crippen molar-refractivity contribution in [2.75, 3.05) is 6.61 Å². The number of benzene rings is 1. The second kappa shape index (κ2) is 7.98. The first-order chi connectivity index (χ1) is 10.2. The van der Waals surface area contributed by atoms with Gasteiger partial charge in [-0.2, -0.15) is 0 Å². The Morgan fingerprint density at radius 2 is 2.24 bits per heavy atom. The second-order valence-corrected chi connectivity index (χ2v) is 5.22. The van der Waals surface area contributed by atoms with Gasteiger partial charge in [0.2, 0.25) is 0 Å². The number of hydrogen-bond donors (Lipinski definition) is 2. The van der Waals surface area contributed by atoms with Gasteiger partial charge in [-0.05, 0) is 42.2 Å². The monoisotopic (exact) mass is 305 g/mol. The molecule has 0 saturated carbocycles. The van der Waals surface area contributed by atoms with Crippen molar-refractivity contribution < 1.29 is 4.74 Å². The zero-order chi connectivity index (χ0) is 15.1. The van der Waals surface area contributed by atoms with Crippen molar-refractivity contribution in [2.45, 2.75) is 25.8 Å². The highest BCUT2D eigenvalue weighted by atomic mass is 35.5. The van der Waals surface area contributed by atoms with E-state index in [0.29, 0.717) is 18.1 Å². The molecule has 1 heterocycles. The molecule has 1 aromatic carbocycles. The first-order valence-corrected chi connectivity index (χ1v) is 7.39. The largest absolute Gasteiger partial charge is 0.494 e. The van der Waals surface area contributed by atoms with Crippen LogP contribution in [0.25, 0.3) is 0 Å². The van der Waals surface area contributed by atoms with Gasteiger partial charge in [-0.25, -0.2) is 0 Å². The van der Waals surface area contributed by atoms with Crippen LogP contribution in [0, 0.1) is 0 Å². The number of pyridine rings is 1. The molecule has 0 aliphatic rings. The van der Waals surface area contributed by atoms with Crippen LogP contribution in [0.3, 0.4) is 0 Å². The summed E-state index contributed by atoms with van der Waals surface area (Å²) in [5, 5.41) is 0.649. The predicted molar refractivity (Wildman–Crippen MR) is 85.2 cm³/mol. The lowest BCUT2D eigenvalue weighted by atomic mass is 10.00. The number of hydrogen-bond acceptors (Lipinski definition) is 4. The first kappa shape index (κ1) is 15.8. The van der Waals surface area contributed by atoms with Gasteiger partial charge in [0.25, 0.3) is 0 Å². The summed E-state index contributed by atoms with van der Waals surface area (Å²) in [4.78, 5) is 4.00. The van der Waals surface area contributed by atoms with Gasteiger partial charge >= 0.3 is 0 Å². The van der Waals surface area contributed by atoms with Crippen LogP contribution in [-0.4, -0.2) is 11.6 Å². The normalized spacial score (nSPS) is 12.1. The zero-order valence-corrected chi connectivity index (χ0v) is 12.8. The van der Waals surface area contributed by atoms with E-state index in [4.69, 9.17) is 22.2 Å². The highest BCUT2D eigenvalue weighted by Crippen LogP contribution is 2.25.